The van der Waals surface area contributed by atoms with Crippen LogP contribution in [0.5, 0.6) is 0 Å². The molecule has 0 rings (SSSR count). The average Bonchev–Trinajstić information content (AvgIpc) is 2.91. The number of likely N-dealkylation sites (N-methyl/N-ethyl adjacent to an activating group) is 1. The first kappa shape index (κ1) is 37.7. The van der Waals surface area contributed by atoms with E-state index in [1.54, 1.807) is 0 Å². The summed E-state index contributed by atoms with van der Waals surface area (Å²) in [7, 11) is 2.48. The summed E-state index contributed by atoms with van der Waals surface area (Å²) in [6.07, 6.45) is 44.3. The van der Waals surface area contributed by atoms with Gasteiger partial charge in [-0.15, -0.1) is 0 Å². The van der Waals surface area contributed by atoms with Gasteiger partial charge in [0.1, 0.15) is 0 Å². The van der Waals surface area contributed by atoms with Gasteiger partial charge in [0.05, 0.1) is 26.7 Å². The normalized spacial score (nSPS) is 13.1. The maximum atomic E-state index is 4.07. The predicted octanol–water partition coefficient (Wildman–Crippen LogP) is 13.0. The third kappa shape index (κ3) is 28.7. The molecule has 0 aliphatic heterocycles. The highest BCUT2D eigenvalue weighted by atomic mass is 15.3. The van der Waals surface area contributed by atoms with Crippen molar-refractivity contribution >= 4 is 0 Å². The van der Waals surface area contributed by atoms with Gasteiger partial charge in [-0.2, -0.15) is 0 Å². The molecule has 0 aromatic carbocycles. The third-order valence-corrected chi connectivity index (χ3v) is 8.92. The topological polar surface area (TPSA) is 0 Å². The predicted molar refractivity (Wildman–Crippen MR) is 176 cm³/mol. The molecule has 0 bridgehead atoms. The molecule has 38 heavy (non-hydrogen) atoms. The van der Waals surface area contributed by atoms with E-state index < -0.39 is 0 Å². The van der Waals surface area contributed by atoms with Crippen molar-refractivity contribution in [3.8, 4) is 0 Å². The van der Waals surface area contributed by atoms with E-state index in [-0.39, 0.29) is 0 Å². The summed E-state index contributed by atoms with van der Waals surface area (Å²) in [5.41, 5.74) is 0. The van der Waals surface area contributed by atoms with Crippen molar-refractivity contribution in [3.63, 3.8) is 0 Å². The zero-order valence-electron chi connectivity index (χ0n) is 27.4. The molecule has 0 saturated heterocycles. The molecule has 0 saturated carbocycles. The molecule has 0 aliphatic carbocycles. The van der Waals surface area contributed by atoms with Gasteiger partial charge in [-0.1, -0.05) is 181 Å². The van der Waals surface area contributed by atoms with Gasteiger partial charge in [0, 0.05) is 0 Å². The van der Waals surface area contributed by atoms with Crippen LogP contribution in [0.4, 0.5) is 0 Å². The molecule has 0 heterocycles. The van der Waals surface area contributed by atoms with Crippen LogP contribution < -0.4 is 0 Å². The number of quaternary nitrogens is 1. The van der Waals surface area contributed by atoms with Gasteiger partial charge in [0.15, 0.2) is 0 Å². The first-order valence-corrected chi connectivity index (χ1v) is 18.1. The molecule has 0 amide bonds. The second-order valence-corrected chi connectivity index (χ2v) is 13.1. The van der Waals surface area contributed by atoms with Crippen molar-refractivity contribution in [1.29, 1.82) is 0 Å². The van der Waals surface area contributed by atoms with Crippen LogP contribution in [0.2, 0.25) is 0 Å². The van der Waals surface area contributed by atoms with Crippen molar-refractivity contribution in [1.82, 2.24) is 0 Å². The van der Waals surface area contributed by atoms with E-state index in [2.05, 4.69) is 33.6 Å². The van der Waals surface area contributed by atoms with Crippen LogP contribution in [0.3, 0.4) is 0 Å². The molecule has 0 aromatic heterocycles. The summed E-state index contributed by atoms with van der Waals surface area (Å²) in [5.74, 6) is 0. The van der Waals surface area contributed by atoms with Crippen molar-refractivity contribution in [2.75, 3.05) is 26.7 Å². The van der Waals surface area contributed by atoms with Crippen LogP contribution >= 0.6 is 0 Å². The van der Waals surface area contributed by atoms with Crippen LogP contribution in [-0.2, 0) is 0 Å². The zero-order valence-corrected chi connectivity index (χ0v) is 27.4. The first-order valence-electron chi connectivity index (χ1n) is 18.1. The second-order valence-electron chi connectivity index (χ2n) is 13.1. The van der Waals surface area contributed by atoms with Crippen LogP contribution in [0.15, 0.2) is 12.7 Å². The molecule has 1 atom stereocenters. The van der Waals surface area contributed by atoms with Gasteiger partial charge in [-0.05, 0) is 31.8 Å². The van der Waals surface area contributed by atoms with Gasteiger partial charge in [-0.25, -0.2) is 0 Å². The number of hydrogen-bond donors (Lipinski definition) is 0. The highest BCUT2D eigenvalue weighted by molar-refractivity contribution is 4.66. The SMILES string of the molecule is C=CC[N+](C)(CCCCCCCCCCCCCCCC)CCCCCCCCCCCCCCCCC. The number of hydrogen-bond acceptors (Lipinski definition) is 0. The highest BCUT2D eigenvalue weighted by Gasteiger charge is 2.18. The zero-order chi connectivity index (χ0) is 27.8. The minimum Gasteiger partial charge on any atom is -0.323 e. The third-order valence-electron chi connectivity index (χ3n) is 8.92. The Kier molecular flexibility index (Phi) is 31.0. The van der Waals surface area contributed by atoms with E-state index in [0.29, 0.717) is 0 Å². The lowest BCUT2D eigenvalue weighted by atomic mass is 10.0. The molecule has 0 aromatic rings. The summed E-state index contributed by atoms with van der Waals surface area (Å²) >= 11 is 0. The number of rotatable bonds is 33. The van der Waals surface area contributed by atoms with E-state index >= 15 is 0 Å². The Labute approximate surface area is 243 Å². The molecule has 228 valence electrons. The van der Waals surface area contributed by atoms with E-state index in [4.69, 9.17) is 0 Å². The lowest BCUT2D eigenvalue weighted by Gasteiger charge is -2.34. The second kappa shape index (κ2) is 31.2. The van der Waals surface area contributed by atoms with Crippen LogP contribution in [0, 0.1) is 0 Å². The van der Waals surface area contributed by atoms with Crippen molar-refractivity contribution in [3.05, 3.63) is 12.7 Å². The lowest BCUT2D eigenvalue weighted by Crippen LogP contribution is -2.45. The fraction of sp³-hybridized carbons (Fsp3) is 0.946. The Morgan fingerprint density at radius 1 is 0.368 bits per heavy atom. The van der Waals surface area contributed by atoms with Gasteiger partial charge >= 0.3 is 0 Å². The molecule has 0 aliphatic rings. The summed E-state index contributed by atoms with van der Waals surface area (Å²) in [4.78, 5) is 0. The van der Waals surface area contributed by atoms with Crippen molar-refractivity contribution in [2.45, 2.75) is 200 Å². The smallest absolute Gasteiger partial charge is 0.0969 e. The molecular formula is C37H76N+. The van der Waals surface area contributed by atoms with Crippen LogP contribution in [-0.4, -0.2) is 31.2 Å². The summed E-state index contributed by atoms with van der Waals surface area (Å²) < 4.78 is 1.22. The molecule has 1 heteroatoms. The molecule has 0 fully saturated rings. The highest BCUT2D eigenvalue weighted by Crippen LogP contribution is 2.17. The maximum Gasteiger partial charge on any atom is 0.0969 e. The maximum absolute atomic E-state index is 4.07. The number of nitrogens with zero attached hydrogens (tertiary/aromatic N) is 1. The Balaban J connectivity index is 3.52. The largest absolute Gasteiger partial charge is 0.323 e. The van der Waals surface area contributed by atoms with E-state index in [1.165, 1.54) is 204 Å². The van der Waals surface area contributed by atoms with Crippen LogP contribution in [0.1, 0.15) is 200 Å². The minimum atomic E-state index is 1.15. The Hall–Kier alpha value is -0.300. The minimum absolute atomic E-state index is 1.15. The monoisotopic (exact) mass is 535 g/mol. The Bertz CT molecular complexity index is 444. The first-order chi connectivity index (χ1) is 18.7. The lowest BCUT2D eigenvalue weighted by molar-refractivity contribution is -0.904. The van der Waals surface area contributed by atoms with E-state index in [9.17, 15) is 0 Å². The Morgan fingerprint density at radius 2 is 0.579 bits per heavy atom. The van der Waals surface area contributed by atoms with Gasteiger partial charge in [0.2, 0.25) is 0 Å². The molecular weight excluding hydrogens is 458 g/mol. The summed E-state index contributed by atoms with van der Waals surface area (Å²) in [5, 5.41) is 0. The van der Waals surface area contributed by atoms with Gasteiger partial charge in [0.25, 0.3) is 0 Å². The fourth-order valence-corrected chi connectivity index (χ4v) is 6.16. The summed E-state index contributed by atoms with van der Waals surface area (Å²) in [6, 6.07) is 0. The van der Waals surface area contributed by atoms with Crippen LogP contribution in [0.25, 0.3) is 0 Å². The van der Waals surface area contributed by atoms with Gasteiger partial charge in [-0.3, -0.25) is 0 Å². The Morgan fingerprint density at radius 3 is 0.789 bits per heavy atom. The van der Waals surface area contributed by atoms with E-state index in [1.807, 2.05) is 0 Å². The molecule has 0 radical (unpaired) electrons. The van der Waals surface area contributed by atoms with Crippen molar-refractivity contribution in [2.24, 2.45) is 0 Å². The molecule has 1 nitrogen and oxygen atoms in total. The summed E-state index contributed by atoms with van der Waals surface area (Å²) in [6.45, 7) is 12.5. The van der Waals surface area contributed by atoms with Crippen molar-refractivity contribution < 1.29 is 4.48 Å². The quantitative estimate of drug-likeness (QED) is 0.0446. The standard InChI is InChI=1S/C37H76N/c1-5-8-10-12-14-16-18-20-22-24-26-28-30-32-34-37-38(4,35-7-3)36-33-31-29-27-25-23-21-19-17-15-13-11-9-6-2/h7H,3,5-6,8-37H2,1-2,4H3/q+1. The molecule has 0 N–H and O–H groups in total. The van der Waals surface area contributed by atoms with E-state index in [0.717, 1.165) is 6.54 Å². The fourth-order valence-electron chi connectivity index (χ4n) is 6.16. The molecule has 0 spiro atoms. The van der Waals surface area contributed by atoms with Gasteiger partial charge < -0.3 is 4.48 Å². The average molecular weight is 535 g/mol. The number of unbranched alkanes of at least 4 members (excludes halogenated alkanes) is 27. The molecule has 1 unspecified atom stereocenters.